The van der Waals surface area contributed by atoms with Crippen LogP contribution >= 0.6 is 0 Å². The lowest BCUT2D eigenvalue weighted by molar-refractivity contribution is -0.137. The molecule has 3 aromatic heterocycles. The maximum atomic E-state index is 13.6. The molecule has 1 saturated carbocycles. The molecule has 3 aliphatic heterocycles. The van der Waals surface area contributed by atoms with Gasteiger partial charge in [0.2, 0.25) is 23.7 Å². The highest BCUT2D eigenvalue weighted by molar-refractivity contribution is 6.04. The molecule has 290 valence electrons. The number of nitrogens with zero attached hydrogens (tertiary/aromatic N) is 6. The summed E-state index contributed by atoms with van der Waals surface area (Å²) in [5, 5.41) is 8.82. The van der Waals surface area contributed by atoms with E-state index in [4.69, 9.17) is 4.98 Å². The van der Waals surface area contributed by atoms with Crippen LogP contribution in [0.25, 0.3) is 11.0 Å². The zero-order valence-electron chi connectivity index (χ0n) is 31.5. The van der Waals surface area contributed by atoms with E-state index in [1.54, 1.807) is 29.8 Å². The van der Waals surface area contributed by atoms with Gasteiger partial charge in [0.05, 0.1) is 11.5 Å². The number of carbonyl (C=O) groups is 5. The van der Waals surface area contributed by atoms with Crippen molar-refractivity contribution in [3.63, 3.8) is 0 Å². The number of fused-ring (bicyclic) bond motifs is 1. The maximum Gasteiger partial charge on any atom is 0.263 e. The summed E-state index contributed by atoms with van der Waals surface area (Å²) in [4.78, 5) is 93.4. The second-order valence-corrected chi connectivity index (χ2v) is 15.4. The monoisotopic (exact) mass is 759 g/mol. The summed E-state index contributed by atoms with van der Waals surface area (Å²) >= 11 is 0. The van der Waals surface area contributed by atoms with E-state index in [9.17, 15) is 28.8 Å². The van der Waals surface area contributed by atoms with Crippen molar-refractivity contribution >= 4 is 57.9 Å². The molecule has 6 heterocycles. The van der Waals surface area contributed by atoms with Crippen molar-refractivity contribution < 1.29 is 24.0 Å². The van der Waals surface area contributed by atoms with Crippen molar-refractivity contribution in [3.05, 3.63) is 81.4 Å². The number of aryl methyl sites for hydroxylation is 1. The van der Waals surface area contributed by atoms with E-state index in [1.807, 2.05) is 35.4 Å². The van der Waals surface area contributed by atoms with E-state index >= 15 is 0 Å². The molecule has 0 spiro atoms. The minimum Gasteiger partial charge on any atom is -0.370 e. The quantitative estimate of drug-likeness (QED) is 0.166. The van der Waals surface area contributed by atoms with E-state index in [0.29, 0.717) is 60.1 Å². The molecule has 4 fully saturated rings. The molecule has 0 radical (unpaired) electrons. The van der Waals surface area contributed by atoms with Crippen molar-refractivity contribution in [1.29, 1.82) is 0 Å². The van der Waals surface area contributed by atoms with Crippen LogP contribution in [0.1, 0.15) is 102 Å². The minimum atomic E-state index is -0.731. The predicted octanol–water partition coefficient (Wildman–Crippen LogP) is 3.93. The van der Waals surface area contributed by atoms with Crippen LogP contribution in [0.2, 0.25) is 0 Å². The van der Waals surface area contributed by atoms with Crippen LogP contribution in [0.5, 0.6) is 0 Å². The lowest BCUT2D eigenvalue weighted by Gasteiger charge is -2.43. The number of imide groups is 1. The summed E-state index contributed by atoms with van der Waals surface area (Å²) in [7, 11) is 0. The van der Waals surface area contributed by atoms with Crippen LogP contribution in [0.15, 0.2) is 53.6 Å². The summed E-state index contributed by atoms with van der Waals surface area (Å²) in [5.41, 5.74) is 3.49. The molecule has 1 unspecified atom stereocenters. The van der Waals surface area contributed by atoms with Crippen LogP contribution in [0.4, 0.5) is 17.5 Å². The molecule has 15 heteroatoms. The normalized spacial score (nSPS) is 19.5. The number of pyridine rings is 2. The molecule has 1 aromatic carbocycles. The van der Waals surface area contributed by atoms with Crippen molar-refractivity contribution in [1.82, 2.24) is 35.1 Å². The average molecular weight is 760 g/mol. The molecule has 56 heavy (non-hydrogen) atoms. The van der Waals surface area contributed by atoms with Crippen LogP contribution in [-0.2, 0) is 14.4 Å². The first-order chi connectivity index (χ1) is 27.0. The first-order valence-corrected chi connectivity index (χ1v) is 19.5. The Hall–Kier alpha value is -5.99. The number of rotatable bonds is 9. The predicted molar refractivity (Wildman–Crippen MR) is 208 cm³/mol. The smallest absolute Gasteiger partial charge is 0.263 e. The van der Waals surface area contributed by atoms with Gasteiger partial charge in [0.1, 0.15) is 17.5 Å². The number of hydrogen-bond acceptors (Lipinski definition) is 11. The topological polar surface area (TPSA) is 189 Å². The molecule has 4 aliphatic rings. The van der Waals surface area contributed by atoms with E-state index in [-0.39, 0.29) is 65.3 Å². The lowest BCUT2D eigenvalue weighted by Crippen LogP contribution is -2.55. The standard InChI is InChI=1S/C41H45N9O6/c1-23-31-20-43-41(47-36(31)50(30-5-3-4-6-30)40(56)35(23)24(2)51)45-33-13-9-27(19-42-33)25-15-17-48(18-16-25)39(55)28-21-49(22-28)29-10-7-26(8-11-29)37(53)44-32-12-14-34(52)46-38(32)54/h7-11,13,19-20,25,28,30,32H,3-6,12,14-18,21-22H2,1-2H3,(H,44,53)(H,46,52,54)(H,42,43,45,47). The lowest BCUT2D eigenvalue weighted by atomic mass is 9.89. The maximum absolute atomic E-state index is 13.6. The number of benzene rings is 1. The number of anilines is 3. The van der Waals surface area contributed by atoms with Gasteiger partial charge in [-0.25, -0.2) is 9.97 Å². The van der Waals surface area contributed by atoms with Gasteiger partial charge in [-0.15, -0.1) is 0 Å². The number of ketones is 1. The minimum absolute atomic E-state index is 0.00313. The zero-order valence-corrected chi connectivity index (χ0v) is 31.5. The fraction of sp³-hybridized carbons (Fsp3) is 0.439. The van der Waals surface area contributed by atoms with Crippen LogP contribution in [0, 0.1) is 12.8 Å². The highest BCUT2D eigenvalue weighted by atomic mass is 16.2. The molecule has 8 rings (SSSR count). The molecule has 1 atom stereocenters. The highest BCUT2D eigenvalue weighted by Gasteiger charge is 2.37. The Bertz CT molecular complexity index is 2270. The molecule has 0 bridgehead atoms. The van der Waals surface area contributed by atoms with Gasteiger partial charge >= 0.3 is 0 Å². The third-order valence-corrected chi connectivity index (χ3v) is 11.8. The number of nitrogens with one attached hydrogen (secondary N) is 3. The largest absolute Gasteiger partial charge is 0.370 e. The van der Waals surface area contributed by atoms with Crippen molar-refractivity contribution in [2.24, 2.45) is 5.92 Å². The van der Waals surface area contributed by atoms with Crippen LogP contribution in [0.3, 0.4) is 0 Å². The second-order valence-electron chi connectivity index (χ2n) is 15.4. The SMILES string of the molecule is CC(=O)c1c(C)c2cnc(Nc3ccc(C4CCN(C(=O)C5CN(c6ccc(C(=O)NC7CCC(=O)NC7=O)cc6)C5)CC4)cn3)nc2n(C2CCCC2)c1=O. The van der Waals surface area contributed by atoms with Gasteiger partial charge in [0, 0.05) is 67.7 Å². The van der Waals surface area contributed by atoms with Crippen LogP contribution < -0.4 is 26.4 Å². The number of Topliss-reactive ketones (excluding diaryl/α,β-unsaturated/α-hetero) is 1. The third-order valence-electron chi connectivity index (χ3n) is 11.8. The third kappa shape index (κ3) is 7.25. The summed E-state index contributed by atoms with van der Waals surface area (Å²) in [6.07, 6.45) is 9.49. The van der Waals surface area contributed by atoms with Crippen LogP contribution in [-0.4, -0.2) is 86.1 Å². The highest BCUT2D eigenvalue weighted by Crippen LogP contribution is 2.34. The van der Waals surface area contributed by atoms with Gasteiger partial charge in [-0.05, 0) is 93.3 Å². The molecule has 1 aliphatic carbocycles. The number of amides is 4. The fourth-order valence-corrected chi connectivity index (χ4v) is 8.58. The second kappa shape index (κ2) is 15.3. The Morgan fingerprint density at radius 3 is 2.27 bits per heavy atom. The Labute approximate surface area is 323 Å². The summed E-state index contributed by atoms with van der Waals surface area (Å²) < 4.78 is 1.70. The Balaban J connectivity index is 0.833. The van der Waals surface area contributed by atoms with E-state index in [2.05, 4.69) is 30.8 Å². The average Bonchev–Trinajstić information content (AvgIpc) is 3.70. The Morgan fingerprint density at radius 1 is 0.875 bits per heavy atom. The zero-order chi connectivity index (χ0) is 39.1. The first kappa shape index (κ1) is 37.0. The van der Waals surface area contributed by atoms with Gasteiger partial charge < -0.3 is 20.4 Å². The number of hydrogen-bond donors (Lipinski definition) is 3. The molecular formula is C41H45N9O6. The summed E-state index contributed by atoms with van der Waals surface area (Å²) in [6.45, 7) is 5.78. The number of carbonyl (C=O) groups excluding carboxylic acids is 5. The van der Waals surface area contributed by atoms with Gasteiger partial charge in [-0.3, -0.25) is 38.7 Å². The summed E-state index contributed by atoms with van der Waals surface area (Å²) in [6, 6.07) is 10.3. The van der Waals surface area contributed by atoms with Gasteiger partial charge in [0.15, 0.2) is 5.78 Å². The summed E-state index contributed by atoms with van der Waals surface area (Å²) in [5.74, 6) is -0.188. The Morgan fingerprint density at radius 2 is 1.61 bits per heavy atom. The fourth-order valence-electron chi connectivity index (χ4n) is 8.58. The molecule has 3 N–H and O–H groups in total. The van der Waals surface area contributed by atoms with Crippen molar-refractivity contribution in [2.45, 2.75) is 83.2 Å². The van der Waals surface area contributed by atoms with E-state index in [0.717, 1.165) is 49.8 Å². The van der Waals surface area contributed by atoms with Gasteiger partial charge in [-0.2, -0.15) is 4.98 Å². The van der Waals surface area contributed by atoms with E-state index in [1.165, 1.54) is 6.92 Å². The Kier molecular flexibility index (Phi) is 10.1. The van der Waals surface area contributed by atoms with E-state index < -0.39 is 11.9 Å². The molecule has 3 saturated heterocycles. The number of aromatic nitrogens is 4. The van der Waals surface area contributed by atoms with Crippen molar-refractivity contribution in [2.75, 3.05) is 36.4 Å². The van der Waals surface area contributed by atoms with Gasteiger partial charge in [0.25, 0.3) is 11.5 Å². The number of likely N-dealkylation sites (tertiary alicyclic amines) is 1. The van der Waals surface area contributed by atoms with Crippen molar-refractivity contribution in [3.8, 4) is 0 Å². The number of piperidine rings is 2. The molecular weight excluding hydrogens is 715 g/mol. The van der Waals surface area contributed by atoms with Gasteiger partial charge in [-0.1, -0.05) is 18.9 Å². The molecule has 4 amide bonds. The molecule has 4 aromatic rings. The first-order valence-electron chi connectivity index (χ1n) is 19.5. The molecule has 15 nitrogen and oxygen atoms in total.